The van der Waals surface area contributed by atoms with Crippen LogP contribution in [0.1, 0.15) is 37.0 Å². The lowest BCUT2D eigenvalue weighted by molar-refractivity contribution is 1.09. The van der Waals surface area contributed by atoms with Crippen molar-refractivity contribution in [1.82, 2.24) is 0 Å². The van der Waals surface area contributed by atoms with Gasteiger partial charge in [0, 0.05) is 5.02 Å². The monoisotopic (exact) mass is 198 g/mol. The lowest BCUT2D eigenvalue weighted by Gasteiger charge is -2.02. The molecule has 0 aliphatic rings. The number of hydrogen-bond acceptors (Lipinski definition) is 0. The predicted octanol–water partition coefficient (Wildman–Crippen LogP) is 4.68. The first-order chi connectivity index (χ1) is 6.02. The molecule has 1 rings (SSSR count). The second-order valence-electron chi connectivity index (χ2n) is 3.40. The van der Waals surface area contributed by atoms with Gasteiger partial charge < -0.3 is 0 Å². The Bertz CT molecular complexity index is 241. The van der Waals surface area contributed by atoms with Crippen LogP contribution >= 0.6 is 11.6 Å². The van der Waals surface area contributed by atoms with E-state index >= 15 is 0 Å². The molecule has 0 unspecified atom stereocenters. The Labute approximate surface area is 86.9 Å². The van der Waals surface area contributed by atoms with Crippen molar-refractivity contribution in [1.29, 1.82) is 0 Å². The van der Waals surface area contributed by atoms with Crippen LogP contribution in [0.15, 0.2) is 12.1 Å². The van der Waals surface area contributed by atoms with E-state index in [1.165, 1.54) is 23.1 Å². The van der Waals surface area contributed by atoms with Crippen LogP contribution in [0.2, 0.25) is 5.02 Å². The lowest BCUT2D eigenvalue weighted by Crippen LogP contribution is -1.83. The Kier molecular flexibility index (Phi) is 5.81. The van der Waals surface area contributed by atoms with E-state index < -0.39 is 0 Å². The van der Waals surface area contributed by atoms with Crippen molar-refractivity contribution in [3.63, 3.8) is 0 Å². The summed E-state index contributed by atoms with van der Waals surface area (Å²) in [5.74, 6) is 0. The molecule has 0 aromatic heterocycles. The Morgan fingerprint density at radius 3 is 1.92 bits per heavy atom. The molecule has 0 saturated carbocycles. The van der Waals surface area contributed by atoms with E-state index in [1.54, 1.807) is 0 Å². The predicted molar refractivity (Wildman–Crippen MR) is 61.6 cm³/mol. The summed E-state index contributed by atoms with van der Waals surface area (Å²) in [6.45, 7) is 10.4. The highest BCUT2D eigenvalue weighted by Crippen LogP contribution is 2.19. The molecule has 0 aliphatic carbocycles. The molecule has 0 saturated heterocycles. The fourth-order valence-corrected chi connectivity index (χ4v) is 1.31. The van der Waals surface area contributed by atoms with Gasteiger partial charge in [0.2, 0.25) is 0 Å². The third-order valence-electron chi connectivity index (χ3n) is 1.75. The number of hydrogen-bond donors (Lipinski definition) is 0. The van der Waals surface area contributed by atoms with Gasteiger partial charge in [-0.2, -0.15) is 0 Å². The first kappa shape index (κ1) is 12.5. The van der Waals surface area contributed by atoms with Gasteiger partial charge in [-0.05, 0) is 43.5 Å². The van der Waals surface area contributed by atoms with Crippen molar-refractivity contribution < 1.29 is 0 Å². The minimum Gasteiger partial charge on any atom is -0.0840 e. The second kappa shape index (κ2) is 6.04. The molecule has 0 nitrogen and oxygen atoms in total. The van der Waals surface area contributed by atoms with Gasteiger partial charge in [-0.3, -0.25) is 0 Å². The van der Waals surface area contributed by atoms with Crippen LogP contribution in [0.5, 0.6) is 0 Å². The summed E-state index contributed by atoms with van der Waals surface area (Å²) in [5, 5.41) is 0.873. The molecular weight excluding hydrogens is 180 g/mol. The molecule has 1 heteroatoms. The van der Waals surface area contributed by atoms with E-state index in [1.807, 2.05) is 13.0 Å². The molecule has 0 N–H and O–H groups in total. The maximum atomic E-state index is 5.92. The molecule has 13 heavy (non-hydrogen) atoms. The summed E-state index contributed by atoms with van der Waals surface area (Å²) in [6, 6.07) is 4.13. The smallest absolute Gasteiger partial charge is 0.0440 e. The number of benzene rings is 1. The van der Waals surface area contributed by atoms with Crippen molar-refractivity contribution in [3.05, 3.63) is 33.8 Å². The van der Waals surface area contributed by atoms with Crippen LogP contribution in [0.25, 0.3) is 0 Å². The highest BCUT2D eigenvalue weighted by Gasteiger charge is 1.97. The zero-order valence-corrected chi connectivity index (χ0v) is 10.00. The molecule has 74 valence electrons. The molecule has 0 radical (unpaired) electrons. The molecule has 0 fully saturated rings. The normalized spacial score (nSPS) is 9.08. The van der Waals surface area contributed by atoms with Crippen LogP contribution in [0, 0.1) is 20.8 Å². The third kappa shape index (κ3) is 4.33. The average molecular weight is 199 g/mol. The highest BCUT2D eigenvalue weighted by atomic mass is 35.5. The first-order valence-corrected chi connectivity index (χ1v) is 5.14. The summed E-state index contributed by atoms with van der Waals surface area (Å²) in [7, 11) is 0. The van der Waals surface area contributed by atoms with Crippen LogP contribution in [0.4, 0.5) is 0 Å². The standard InChI is InChI=1S/C9H11Cl.C3H8/c1-6-4-7(2)8(3)9(10)5-6;1-3-2/h4-5H,1-3H3;3H2,1-2H3. The average Bonchev–Trinajstić information content (AvgIpc) is 2.01. The minimum atomic E-state index is 0.873. The quantitative estimate of drug-likeness (QED) is 0.568. The fourth-order valence-electron chi connectivity index (χ4n) is 0.988. The van der Waals surface area contributed by atoms with E-state index in [9.17, 15) is 0 Å². The largest absolute Gasteiger partial charge is 0.0840 e. The van der Waals surface area contributed by atoms with E-state index in [-0.39, 0.29) is 0 Å². The molecule has 0 bridgehead atoms. The van der Waals surface area contributed by atoms with Crippen LogP contribution in [-0.4, -0.2) is 0 Å². The van der Waals surface area contributed by atoms with Gasteiger partial charge in [-0.25, -0.2) is 0 Å². The van der Waals surface area contributed by atoms with E-state index in [2.05, 4.69) is 33.8 Å². The molecular formula is C12H19Cl. The van der Waals surface area contributed by atoms with Gasteiger partial charge in [-0.15, -0.1) is 0 Å². The second-order valence-corrected chi connectivity index (χ2v) is 3.80. The van der Waals surface area contributed by atoms with Crippen molar-refractivity contribution >= 4 is 11.6 Å². The number of rotatable bonds is 0. The summed E-state index contributed by atoms with van der Waals surface area (Å²) < 4.78 is 0. The fraction of sp³-hybridized carbons (Fsp3) is 0.500. The van der Waals surface area contributed by atoms with Gasteiger partial charge in [-0.1, -0.05) is 37.9 Å². The summed E-state index contributed by atoms with van der Waals surface area (Å²) in [5.41, 5.74) is 3.69. The minimum absolute atomic E-state index is 0.873. The lowest BCUT2D eigenvalue weighted by atomic mass is 10.1. The number of aryl methyl sites for hydroxylation is 2. The van der Waals surface area contributed by atoms with Gasteiger partial charge >= 0.3 is 0 Å². The summed E-state index contributed by atoms with van der Waals surface area (Å²) in [6.07, 6.45) is 1.25. The van der Waals surface area contributed by atoms with E-state index in [0.29, 0.717) is 0 Å². The van der Waals surface area contributed by atoms with Crippen LogP contribution in [-0.2, 0) is 0 Å². The van der Waals surface area contributed by atoms with Gasteiger partial charge in [0.25, 0.3) is 0 Å². The maximum Gasteiger partial charge on any atom is 0.0440 e. The van der Waals surface area contributed by atoms with E-state index in [0.717, 1.165) is 5.02 Å². The van der Waals surface area contributed by atoms with Crippen molar-refractivity contribution in [2.75, 3.05) is 0 Å². The molecule has 0 spiro atoms. The first-order valence-electron chi connectivity index (χ1n) is 4.76. The van der Waals surface area contributed by atoms with Crippen molar-refractivity contribution in [2.24, 2.45) is 0 Å². The number of halogens is 1. The van der Waals surface area contributed by atoms with Gasteiger partial charge in [0.1, 0.15) is 0 Å². The maximum absolute atomic E-state index is 5.92. The topological polar surface area (TPSA) is 0 Å². The Balaban J connectivity index is 0.000000424. The molecule has 0 aliphatic heterocycles. The molecule has 0 heterocycles. The Morgan fingerprint density at radius 1 is 1.08 bits per heavy atom. The van der Waals surface area contributed by atoms with Crippen LogP contribution in [0.3, 0.4) is 0 Å². The Hall–Kier alpha value is -0.490. The molecule has 0 amide bonds. The molecule has 1 aromatic carbocycles. The van der Waals surface area contributed by atoms with Gasteiger partial charge in [0.15, 0.2) is 0 Å². The van der Waals surface area contributed by atoms with Crippen molar-refractivity contribution in [2.45, 2.75) is 41.0 Å². The van der Waals surface area contributed by atoms with Crippen LogP contribution < -0.4 is 0 Å². The van der Waals surface area contributed by atoms with Crippen molar-refractivity contribution in [3.8, 4) is 0 Å². The third-order valence-corrected chi connectivity index (χ3v) is 2.14. The van der Waals surface area contributed by atoms with E-state index in [4.69, 9.17) is 11.6 Å². The SMILES string of the molecule is CCC.Cc1cc(C)c(C)c(Cl)c1. The molecule has 0 atom stereocenters. The van der Waals surface area contributed by atoms with Gasteiger partial charge in [0.05, 0.1) is 0 Å². The summed E-state index contributed by atoms with van der Waals surface area (Å²) >= 11 is 5.92. The zero-order chi connectivity index (χ0) is 10.4. The zero-order valence-electron chi connectivity index (χ0n) is 9.24. The molecule has 1 aromatic rings. The Morgan fingerprint density at radius 2 is 1.54 bits per heavy atom. The summed E-state index contributed by atoms with van der Waals surface area (Å²) in [4.78, 5) is 0. The highest BCUT2D eigenvalue weighted by molar-refractivity contribution is 6.31.